The monoisotopic (exact) mass is 266 g/mol. The Morgan fingerprint density at radius 3 is 2.67 bits per heavy atom. The number of piperidine rings is 1. The molecule has 2 aliphatic heterocycles. The van der Waals surface area contributed by atoms with E-state index in [-0.39, 0.29) is 0 Å². The fourth-order valence-corrected chi connectivity index (χ4v) is 3.62. The van der Waals surface area contributed by atoms with Crippen LogP contribution in [-0.2, 0) is 0 Å². The topological polar surface area (TPSA) is 31.4 Å². The molecule has 0 saturated carbocycles. The summed E-state index contributed by atoms with van der Waals surface area (Å²) < 4.78 is 0. The molecular weight excluding hydrogens is 244 g/mol. The smallest absolute Gasteiger partial charge is 0.185 e. The fraction of sp³-hybridized carbons (Fsp3) is 0.769. The van der Waals surface area contributed by atoms with Gasteiger partial charge in [0.15, 0.2) is 5.13 Å². The molecule has 0 atom stereocenters. The number of piperazine rings is 1. The second kappa shape index (κ2) is 5.99. The molecule has 1 aromatic heterocycles. The van der Waals surface area contributed by atoms with Gasteiger partial charge in [0.25, 0.3) is 0 Å². The van der Waals surface area contributed by atoms with Gasteiger partial charge in [-0.05, 0) is 31.8 Å². The summed E-state index contributed by atoms with van der Waals surface area (Å²) in [4.78, 5) is 9.46. The molecule has 0 unspecified atom stereocenters. The highest BCUT2D eigenvalue weighted by Crippen LogP contribution is 2.20. The highest BCUT2D eigenvalue weighted by molar-refractivity contribution is 7.13. The number of thiazole rings is 1. The van der Waals surface area contributed by atoms with Gasteiger partial charge in [-0.1, -0.05) is 0 Å². The molecular formula is C13H22N4S. The Kier molecular flexibility index (Phi) is 4.13. The normalized spacial score (nSPS) is 23.4. The van der Waals surface area contributed by atoms with Crippen molar-refractivity contribution in [3.8, 4) is 0 Å². The Hall–Kier alpha value is -0.650. The highest BCUT2D eigenvalue weighted by Gasteiger charge is 2.22. The van der Waals surface area contributed by atoms with Gasteiger partial charge in [0.05, 0.1) is 0 Å². The number of anilines is 1. The van der Waals surface area contributed by atoms with Crippen molar-refractivity contribution in [3.05, 3.63) is 11.6 Å². The molecule has 18 heavy (non-hydrogen) atoms. The van der Waals surface area contributed by atoms with Crippen LogP contribution in [0.25, 0.3) is 0 Å². The number of hydrogen-bond acceptors (Lipinski definition) is 5. The Labute approximate surface area is 113 Å². The van der Waals surface area contributed by atoms with Crippen LogP contribution in [0, 0.1) is 5.92 Å². The molecule has 4 nitrogen and oxygen atoms in total. The van der Waals surface area contributed by atoms with Gasteiger partial charge < -0.3 is 10.2 Å². The number of hydrogen-bond donors (Lipinski definition) is 1. The molecule has 100 valence electrons. The van der Waals surface area contributed by atoms with Gasteiger partial charge in [0.1, 0.15) is 0 Å². The summed E-state index contributed by atoms with van der Waals surface area (Å²) in [6, 6.07) is 0. The van der Waals surface area contributed by atoms with E-state index in [1.165, 1.54) is 50.7 Å². The van der Waals surface area contributed by atoms with Crippen LogP contribution in [0.1, 0.15) is 12.8 Å². The Morgan fingerprint density at radius 1 is 1.22 bits per heavy atom. The third-order valence-electron chi connectivity index (χ3n) is 4.04. The molecule has 1 aromatic rings. The number of rotatable bonds is 3. The third-order valence-corrected chi connectivity index (χ3v) is 4.87. The SMILES string of the molecule is c1csc(N2CCN(CC3CCNCC3)CC2)n1. The van der Waals surface area contributed by atoms with Crippen LogP contribution in [0.2, 0.25) is 0 Å². The van der Waals surface area contributed by atoms with Crippen molar-refractivity contribution < 1.29 is 0 Å². The largest absolute Gasteiger partial charge is 0.346 e. The molecule has 0 amide bonds. The van der Waals surface area contributed by atoms with E-state index in [0.717, 1.165) is 19.0 Å². The number of aromatic nitrogens is 1. The first-order chi connectivity index (χ1) is 8.92. The zero-order valence-corrected chi connectivity index (χ0v) is 11.7. The molecule has 0 aliphatic carbocycles. The molecule has 0 spiro atoms. The summed E-state index contributed by atoms with van der Waals surface area (Å²) in [5.74, 6) is 0.915. The summed E-state index contributed by atoms with van der Waals surface area (Å²) in [6.45, 7) is 8.39. The van der Waals surface area contributed by atoms with Crippen LogP contribution < -0.4 is 10.2 Å². The van der Waals surface area contributed by atoms with Gasteiger partial charge >= 0.3 is 0 Å². The number of nitrogens with zero attached hydrogens (tertiary/aromatic N) is 3. The summed E-state index contributed by atoms with van der Waals surface area (Å²) in [5, 5.41) is 6.70. The number of nitrogens with one attached hydrogen (secondary N) is 1. The molecule has 0 aromatic carbocycles. The van der Waals surface area contributed by atoms with Crippen molar-refractivity contribution >= 4 is 16.5 Å². The van der Waals surface area contributed by atoms with E-state index in [1.54, 1.807) is 11.3 Å². The Morgan fingerprint density at radius 2 is 2.00 bits per heavy atom. The lowest BCUT2D eigenvalue weighted by molar-refractivity contribution is 0.196. The van der Waals surface area contributed by atoms with Gasteiger partial charge in [0.2, 0.25) is 0 Å². The van der Waals surface area contributed by atoms with E-state index in [9.17, 15) is 0 Å². The lowest BCUT2D eigenvalue weighted by Gasteiger charge is -2.37. The Balaban J connectivity index is 1.45. The molecule has 3 rings (SSSR count). The molecule has 5 heteroatoms. The zero-order chi connectivity index (χ0) is 12.2. The molecule has 2 fully saturated rings. The van der Waals surface area contributed by atoms with Crippen LogP contribution >= 0.6 is 11.3 Å². The van der Waals surface area contributed by atoms with Crippen molar-refractivity contribution in [1.29, 1.82) is 0 Å². The average molecular weight is 266 g/mol. The molecule has 2 aliphatic rings. The first-order valence-electron chi connectivity index (χ1n) is 6.99. The van der Waals surface area contributed by atoms with E-state index in [1.807, 2.05) is 6.20 Å². The predicted molar refractivity (Wildman–Crippen MR) is 76.4 cm³/mol. The van der Waals surface area contributed by atoms with Crippen LogP contribution in [0.5, 0.6) is 0 Å². The van der Waals surface area contributed by atoms with Gasteiger partial charge in [-0.3, -0.25) is 4.90 Å². The molecule has 0 radical (unpaired) electrons. The van der Waals surface area contributed by atoms with Gasteiger partial charge in [0, 0.05) is 44.3 Å². The minimum atomic E-state index is 0.915. The maximum absolute atomic E-state index is 4.40. The lowest BCUT2D eigenvalue weighted by Crippen LogP contribution is -2.48. The van der Waals surface area contributed by atoms with Gasteiger partial charge in [-0.15, -0.1) is 11.3 Å². The van der Waals surface area contributed by atoms with Crippen LogP contribution in [0.3, 0.4) is 0 Å². The van der Waals surface area contributed by atoms with Crippen molar-refractivity contribution in [1.82, 2.24) is 15.2 Å². The van der Waals surface area contributed by atoms with Crippen LogP contribution in [0.15, 0.2) is 11.6 Å². The lowest BCUT2D eigenvalue weighted by atomic mass is 9.97. The van der Waals surface area contributed by atoms with Crippen molar-refractivity contribution in [2.45, 2.75) is 12.8 Å². The van der Waals surface area contributed by atoms with Crippen LogP contribution in [0.4, 0.5) is 5.13 Å². The first kappa shape index (κ1) is 12.4. The summed E-state index contributed by atoms with van der Waals surface area (Å²) >= 11 is 1.75. The van der Waals surface area contributed by atoms with Crippen LogP contribution in [-0.4, -0.2) is 55.7 Å². The zero-order valence-electron chi connectivity index (χ0n) is 10.8. The second-order valence-electron chi connectivity index (χ2n) is 5.30. The summed E-state index contributed by atoms with van der Waals surface area (Å²) in [5.41, 5.74) is 0. The average Bonchev–Trinajstić information content (AvgIpc) is 2.95. The second-order valence-corrected chi connectivity index (χ2v) is 6.17. The van der Waals surface area contributed by atoms with Crippen molar-refractivity contribution in [2.75, 3.05) is 50.7 Å². The maximum atomic E-state index is 4.40. The summed E-state index contributed by atoms with van der Waals surface area (Å²) in [6.07, 6.45) is 4.61. The van der Waals surface area contributed by atoms with Gasteiger partial charge in [-0.2, -0.15) is 0 Å². The highest BCUT2D eigenvalue weighted by atomic mass is 32.1. The van der Waals surface area contributed by atoms with E-state index in [2.05, 4.69) is 25.5 Å². The fourth-order valence-electron chi connectivity index (χ4n) is 2.92. The maximum Gasteiger partial charge on any atom is 0.185 e. The van der Waals surface area contributed by atoms with E-state index in [4.69, 9.17) is 0 Å². The minimum Gasteiger partial charge on any atom is -0.346 e. The first-order valence-corrected chi connectivity index (χ1v) is 7.87. The Bertz CT molecular complexity index is 340. The van der Waals surface area contributed by atoms with E-state index < -0.39 is 0 Å². The quantitative estimate of drug-likeness (QED) is 0.892. The predicted octanol–water partition coefficient (Wildman–Crippen LogP) is 1.26. The molecule has 1 N–H and O–H groups in total. The van der Waals surface area contributed by atoms with Crippen molar-refractivity contribution in [2.24, 2.45) is 5.92 Å². The van der Waals surface area contributed by atoms with Gasteiger partial charge in [-0.25, -0.2) is 4.98 Å². The molecule has 3 heterocycles. The minimum absolute atomic E-state index is 0.915. The van der Waals surface area contributed by atoms with E-state index >= 15 is 0 Å². The summed E-state index contributed by atoms with van der Waals surface area (Å²) in [7, 11) is 0. The van der Waals surface area contributed by atoms with Crippen molar-refractivity contribution in [3.63, 3.8) is 0 Å². The van der Waals surface area contributed by atoms with E-state index in [0.29, 0.717) is 0 Å². The standard InChI is InChI=1S/C13H22N4S/c1-3-14-4-2-12(1)11-16-6-8-17(9-7-16)13-15-5-10-18-13/h5,10,12,14H,1-4,6-9,11H2. The molecule has 2 saturated heterocycles. The molecule has 0 bridgehead atoms. The third kappa shape index (κ3) is 3.02.